The van der Waals surface area contributed by atoms with Gasteiger partial charge in [-0.3, -0.25) is 0 Å². The molecule has 0 spiro atoms. The van der Waals surface area contributed by atoms with Gasteiger partial charge >= 0.3 is 0 Å². The van der Waals surface area contributed by atoms with E-state index < -0.39 is 0 Å². The first kappa shape index (κ1) is 23.6. The molecule has 0 aromatic rings. The maximum Gasteiger partial charge on any atom is 0.0237 e. The Bertz CT molecular complexity index is 524. The first-order chi connectivity index (χ1) is 13.7. The summed E-state index contributed by atoms with van der Waals surface area (Å²) in [5, 5.41) is 0. The van der Waals surface area contributed by atoms with Gasteiger partial charge in [0.2, 0.25) is 0 Å². The Morgan fingerprint density at radius 1 is 0.966 bits per heavy atom. The number of unbranched alkanes of at least 4 members (excludes halogenated alkanes) is 2. The van der Waals surface area contributed by atoms with E-state index in [1.807, 2.05) is 0 Å². The molecule has 3 aliphatic rings. The second-order valence-electron chi connectivity index (χ2n) is 12.6. The topological polar surface area (TPSA) is 26.0 Å². The molecule has 3 rings (SSSR count). The van der Waals surface area contributed by atoms with Crippen LogP contribution in [0.5, 0.6) is 0 Å². The highest BCUT2D eigenvalue weighted by atomic mass is 14.8. The molecule has 3 aliphatic carbocycles. The van der Waals surface area contributed by atoms with Gasteiger partial charge in [-0.05, 0) is 85.4 Å². The van der Waals surface area contributed by atoms with Crippen molar-refractivity contribution in [2.45, 2.75) is 137 Å². The van der Waals surface area contributed by atoms with Crippen molar-refractivity contribution in [3.63, 3.8) is 0 Å². The molecule has 0 amide bonds. The van der Waals surface area contributed by atoms with Crippen LogP contribution in [-0.2, 0) is 0 Å². The average molecular weight is 404 g/mol. The molecule has 0 aromatic heterocycles. The van der Waals surface area contributed by atoms with Gasteiger partial charge in [0.15, 0.2) is 0 Å². The van der Waals surface area contributed by atoms with Crippen LogP contribution >= 0.6 is 0 Å². The Labute approximate surface area is 183 Å². The zero-order valence-electron chi connectivity index (χ0n) is 20.9. The molecule has 3 fully saturated rings. The summed E-state index contributed by atoms with van der Waals surface area (Å²) in [6.45, 7) is 14.9. The minimum atomic E-state index is 0.0341. The van der Waals surface area contributed by atoms with Gasteiger partial charge < -0.3 is 5.73 Å². The average Bonchev–Trinajstić information content (AvgIpc) is 3.00. The van der Waals surface area contributed by atoms with Crippen molar-refractivity contribution in [1.82, 2.24) is 0 Å². The Hall–Kier alpha value is -0.0400. The molecular weight excluding hydrogens is 350 g/mol. The van der Waals surface area contributed by atoms with Crippen LogP contribution in [0.3, 0.4) is 0 Å². The summed E-state index contributed by atoms with van der Waals surface area (Å²) in [7, 11) is 0. The van der Waals surface area contributed by atoms with Crippen molar-refractivity contribution in [1.29, 1.82) is 0 Å². The summed E-state index contributed by atoms with van der Waals surface area (Å²) in [5.41, 5.74) is 8.33. The molecule has 0 saturated heterocycles. The Kier molecular flexibility index (Phi) is 7.51. The Morgan fingerprint density at radius 2 is 1.72 bits per heavy atom. The maximum absolute atomic E-state index is 7.38. The van der Waals surface area contributed by atoms with Crippen molar-refractivity contribution in [3.05, 3.63) is 0 Å². The van der Waals surface area contributed by atoms with Gasteiger partial charge in [-0.15, -0.1) is 0 Å². The smallest absolute Gasteiger partial charge is 0.0237 e. The van der Waals surface area contributed by atoms with Crippen LogP contribution in [0.1, 0.15) is 131 Å². The minimum Gasteiger partial charge on any atom is -0.324 e. The molecule has 3 saturated carbocycles. The number of hydrogen-bond acceptors (Lipinski definition) is 1. The predicted molar refractivity (Wildman–Crippen MR) is 128 cm³/mol. The summed E-state index contributed by atoms with van der Waals surface area (Å²) < 4.78 is 0. The summed E-state index contributed by atoms with van der Waals surface area (Å²) in [6, 6.07) is 0. The Morgan fingerprint density at radius 3 is 2.41 bits per heavy atom. The number of hydrogen-bond donors (Lipinski definition) is 1. The molecule has 0 aromatic carbocycles. The van der Waals surface area contributed by atoms with Gasteiger partial charge in [0.05, 0.1) is 0 Å². The van der Waals surface area contributed by atoms with Gasteiger partial charge in [-0.2, -0.15) is 0 Å². The SMILES string of the molecule is CCCCCC1CCC2C(C[C@H](CC)C3(N)C[C@H](C)CCC3(C)C)CCCC12C. The fourth-order valence-corrected chi connectivity index (χ4v) is 8.47. The molecule has 2 N–H and O–H groups in total. The normalized spacial score (nSPS) is 43.1. The van der Waals surface area contributed by atoms with Crippen LogP contribution in [-0.4, -0.2) is 5.54 Å². The third kappa shape index (κ3) is 4.47. The molecule has 7 atom stereocenters. The molecule has 0 aliphatic heterocycles. The van der Waals surface area contributed by atoms with E-state index in [2.05, 4.69) is 41.5 Å². The van der Waals surface area contributed by atoms with Crippen molar-refractivity contribution in [2.75, 3.05) is 0 Å². The number of rotatable bonds is 8. The molecule has 5 unspecified atom stereocenters. The van der Waals surface area contributed by atoms with Crippen molar-refractivity contribution >= 4 is 0 Å². The highest BCUT2D eigenvalue weighted by Gasteiger charge is 2.54. The van der Waals surface area contributed by atoms with Crippen LogP contribution in [0.15, 0.2) is 0 Å². The highest BCUT2D eigenvalue weighted by molar-refractivity contribution is 5.07. The lowest BCUT2D eigenvalue weighted by molar-refractivity contribution is -0.0150. The highest BCUT2D eigenvalue weighted by Crippen LogP contribution is 2.61. The molecule has 0 bridgehead atoms. The molecule has 1 heteroatoms. The monoisotopic (exact) mass is 403 g/mol. The first-order valence-electron chi connectivity index (χ1n) is 13.5. The second kappa shape index (κ2) is 9.22. The Balaban J connectivity index is 1.73. The second-order valence-corrected chi connectivity index (χ2v) is 12.6. The van der Waals surface area contributed by atoms with E-state index in [4.69, 9.17) is 5.73 Å². The molecule has 1 nitrogen and oxygen atoms in total. The first-order valence-corrected chi connectivity index (χ1v) is 13.5. The van der Waals surface area contributed by atoms with E-state index in [0.717, 1.165) is 23.7 Å². The van der Waals surface area contributed by atoms with Crippen LogP contribution in [0, 0.1) is 40.4 Å². The van der Waals surface area contributed by atoms with Gasteiger partial charge in [0.1, 0.15) is 0 Å². The fraction of sp³-hybridized carbons (Fsp3) is 1.00. The molecular formula is C28H53N. The summed E-state index contributed by atoms with van der Waals surface area (Å²) >= 11 is 0. The van der Waals surface area contributed by atoms with E-state index in [9.17, 15) is 0 Å². The third-order valence-corrected chi connectivity index (χ3v) is 10.6. The number of nitrogens with two attached hydrogens (primary N) is 1. The fourth-order valence-electron chi connectivity index (χ4n) is 8.47. The van der Waals surface area contributed by atoms with Crippen LogP contribution in [0.25, 0.3) is 0 Å². The molecule has 29 heavy (non-hydrogen) atoms. The standard InChI is InChI=1S/C28H53N/c1-7-9-10-13-24-14-15-25-22(12-11-17-27(24,25)6)19-23(8-2)28(29)20-21(3)16-18-26(28,4)5/h21-25H,7-20,29H2,1-6H3/t21-,22?,23+,24?,25?,27?,28?/m1/s1. The minimum absolute atomic E-state index is 0.0341. The van der Waals surface area contributed by atoms with Gasteiger partial charge in [0.25, 0.3) is 0 Å². The van der Waals surface area contributed by atoms with Crippen LogP contribution in [0.4, 0.5) is 0 Å². The van der Waals surface area contributed by atoms with Gasteiger partial charge in [-0.25, -0.2) is 0 Å². The van der Waals surface area contributed by atoms with Gasteiger partial charge in [-0.1, -0.05) is 86.5 Å². The maximum atomic E-state index is 7.38. The lowest BCUT2D eigenvalue weighted by atomic mass is 9.53. The van der Waals surface area contributed by atoms with E-state index in [1.165, 1.54) is 89.9 Å². The van der Waals surface area contributed by atoms with E-state index in [-0.39, 0.29) is 11.0 Å². The quantitative estimate of drug-likeness (QED) is 0.405. The largest absolute Gasteiger partial charge is 0.324 e. The van der Waals surface area contributed by atoms with E-state index in [1.54, 1.807) is 0 Å². The summed E-state index contributed by atoms with van der Waals surface area (Å²) in [5.74, 6) is 4.41. The molecule has 0 radical (unpaired) electrons. The summed E-state index contributed by atoms with van der Waals surface area (Å²) in [6.07, 6.45) is 19.8. The van der Waals surface area contributed by atoms with Gasteiger partial charge in [0, 0.05) is 5.54 Å². The summed E-state index contributed by atoms with van der Waals surface area (Å²) in [4.78, 5) is 0. The van der Waals surface area contributed by atoms with E-state index in [0.29, 0.717) is 11.3 Å². The van der Waals surface area contributed by atoms with Crippen molar-refractivity contribution in [3.8, 4) is 0 Å². The lowest BCUT2D eigenvalue weighted by Gasteiger charge is -2.55. The third-order valence-electron chi connectivity index (χ3n) is 10.6. The predicted octanol–water partition coefficient (Wildman–Crippen LogP) is 8.36. The van der Waals surface area contributed by atoms with Crippen LogP contribution in [0.2, 0.25) is 0 Å². The van der Waals surface area contributed by atoms with E-state index >= 15 is 0 Å². The zero-order valence-corrected chi connectivity index (χ0v) is 20.9. The number of fused-ring (bicyclic) bond motifs is 1. The molecule has 170 valence electrons. The molecule has 0 heterocycles. The van der Waals surface area contributed by atoms with Crippen LogP contribution < -0.4 is 5.73 Å². The zero-order chi connectivity index (χ0) is 21.3. The lowest BCUT2D eigenvalue weighted by Crippen LogP contribution is -2.61. The van der Waals surface area contributed by atoms with Crippen molar-refractivity contribution in [2.24, 2.45) is 46.2 Å². The van der Waals surface area contributed by atoms with Crippen molar-refractivity contribution < 1.29 is 0 Å².